The SMILES string of the molecule is OC1CCN(CC2Cc3cc(Cl)ccc3O2)C1. The van der Waals surface area contributed by atoms with Gasteiger partial charge in [0.15, 0.2) is 0 Å². The second-order valence-electron chi connectivity index (χ2n) is 4.90. The van der Waals surface area contributed by atoms with Gasteiger partial charge in [0.25, 0.3) is 0 Å². The van der Waals surface area contributed by atoms with E-state index in [0.717, 1.165) is 43.2 Å². The number of rotatable bonds is 2. The minimum Gasteiger partial charge on any atom is -0.488 e. The van der Waals surface area contributed by atoms with Crippen molar-refractivity contribution < 1.29 is 9.84 Å². The molecule has 2 heterocycles. The monoisotopic (exact) mass is 253 g/mol. The van der Waals surface area contributed by atoms with E-state index < -0.39 is 0 Å². The van der Waals surface area contributed by atoms with Crippen molar-refractivity contribution in [3.05, 3.63) is 28.8 Å². The summed E-state index contributed by atoms with van der Waals surface area (Å²) in [5, 5.41) is 10.3. The molecule has 17 heavy (non-hydrogen) atoms. The summed E-state index contributed by atoms with van der Waals surface area (Å²) in [5.41, 5.74) is 1.20. The van der Waals surface area contributed by atoms with Gasteiger partial charge in [-0.05, 0) is 30.2 Å². The van der Waals surface area contributed by atoms with Gasteiger partial charge in [0.2, 0.25) is 0 Å². The van der Waals surface area contributed by atoms with Crippen molar-refractivity contribution in [1.29, 1.82) is 0 Å². The lowest BCUT2D eigenvalue weighted by atomic mass is 10.1. The van der Waals surface area contributed by atoms with E-state index in [-0.39, 0.29) is 12.2 Å². The smallest absolute Gasteiger partial charge is 0.123 e. The molecule has 0 saturated carbocycles. The van der Waals surface area contributed by atoms with Crippen LogP contribution in [0.5, 0.6) is 5.75 Å². The average Bonchev–Trinajstić information content (AvgIpc) is 2.84. The van der Waals surface area contributed by atoms with Gasteiger partial charge >= 0.3 is 0 Å². The number of aliphatic hydroxyl groups is 1. The first-order chi connectivity index (χ1) is 8.20. The Bertz CT molecular complexity index is 424. The third-order valence-corrected chi connectivity index (χ3v) is 3.71. The fraction of sp³-hybridized carbons (Fsp3) is 0.538. The van der Waals surface area contributed by atoms with Gasteiger partial charge in [0.1, 0.15) is 11.9 Å². The third-order valence-electron chi connectivity index (χ3n) is 3.47. The van der Waals surface area contributed by atoms with Gasteiger partial charge in [-0.1, -0.05) is 11.6 Å². The van der Waals surface area contributed by atoms with Crippen LogP contribution in [0.15, 0.2) is 18.2 Å². The molecule has 1 saturated heterocycles. The normalized spacial score (nSPS) is 28.1. The van der Waals surface area contributed by atoms with Crippen molar-refractivity contribution in [2.75, 3.05) is 19.6 Å². The molecular weight excluding hydrogens is 238 g/mol. The first kappa shape index (κ1) is 11.3. The number of ether oxygens (including phenoxy) is 1. The van der Waals surface area contributed by atoms with Gasteiger partial charge < -0.3 is 9.84 Å². The molecule has 2 aliphatic rings. The van der Waals surface area contributed by atoms with Crippen LogP contribution in [-0.4, -0.2) is 41.8 Å². The molecule has 0 bridgehead atoms. The molecule has 1 fully saturated rings. The van der Waals surface area contributed by atoms with Crippen molar-refractivity contribution in [1.82, 2.24) is 4.90 Å². The molecule has 2 unspecified atom stereocenters. The van der Waals surface area contributed by atoms with Gasteiger partial charge in [-0.25, -0.2) is 0 Å². The van der Waals surface area contributed by atoms with E-state index in [1.807, 2.05) is 18.2 Å². The van der Waals surface area contributed by atoms with Gasteiger partial charge in [0, 0.05) is 31.1 Å². The molecule has 3 nitrogen and oxygen atoms in total. The van der Waals surface area contributed by atoms with Crippen LogP contribution in [-0.2, 0) is 6.42 Å². The van der Waals surface area contributed by atoms with Crippen molar-refractivity contribution in [3.8, 4) is 5.75 Å². The summed E-state index contributed by atoms with van der Waals surface area (Å²) < 4.78 is 5.88. The highest BCUT2D eigenvalue weighted by Gasteiger charge is 2.28. The molecular formula is C13H16ClNO2. The zero-order valence-corrected chi connectivity index (χ0v) is 10.4. The fourth-order valence-electron chi connectivity index (χ4n) is 2.66. The Morgan fingerprint density at radius 1 is 1.47 bits per heavy atom. The highest BCUT2D eigenvalue weighted by molar-refractivity contribution is 6.30. The molecule has 0 spiro atoms. The molecule has 2 aliphatic heterocycles. The minimum absolute atomic E-state index is 0.159. The molecule has 1 aromatic carbocycles. The number of benzene rings is 1. The Balaban J connectivity index is 1.62. The summed E-state index contributed by atoms with van der Waals surface area (Å²) in [5.74, 6) is 0.958. The van der Waals surface area contributed by atoms with Gasteiger partial charge in [-0.15, -0.1) is 0 Å². The molecule has 0 amide bonds. The summed E-state index contributed by atoms with van der Waals surface area (Å²) in [6, 6.07) is 5.79. The Hall–Kier alpha value is -0.770. The number of nitrogens with zero attached hydrogens (tertiary/aromatic N) is 1. The predicted molar refractivity (Wildman–Crippen MR) is 66.6 cm³/mol. The Morgan fingerprint density at radius 3 is 3.12 bits per heavy atom. The molecule has 0 aliphatic carbocycles. The molecule has 3 rings (SSSR count). The lowest BCUT2D eigenvalue weighted by Gasteiger charge is -2.19. The molecule has 92 valence electrons. The van der Waals surface area contributed by atoms with E-state index in [4.69, 9.17) is 16.3 Å². The van der Waals surface area contributed by atoms with Crippen LogP contribution in [0, 0.1) is 0 Å². The zero-order valence-electron chi connectivity index (χ0n) is 9.60. The molecule has 4 heteroatoms. The van der Waals surface area contributed by atoms with Crippen LogP contribution < -0.4 is 4.74 Å². The van der Waals surface area contributed by atoms with Crippen LogP contribution >= 0.6 is 11.6 Å². The van der Waals surface area contributed by atoms with Crippen molar-refractivity contribution in [3.63, 3.8) is 0 Å². The number of aliphatic hydroxyl groups excluding tert-OH is 1. The maximum absolute atomic E-state index is 9.48. The number of hydrogen-bond donors (Lipinski definition) is 1. The molecule has 1 aromatic rings. The Kier molecular flexibility index (Phi) is 2.99. The van der Waals surface area contributed by atoms with Gasteiger partial charge in [-0.3, -0.25) is 4.90 Å². The van der Waals surface area contributed by atoms with Crippen molar-refractivity contribution in [2.24, 2.45) is 0 Å². The van der Waals surface area contributed by atoms with E-state index in [9.17, 15) is 5.11 Å². The first-order valence-electron chi connectivity index (χ1n) is 6.06. The quantitative estimate of drug-likeness (QED) is 0.871. The number of likely N-dealkylation sites (tertiary alicyclic amines) is 1. The molecule has 0 aromatic heterocycles. The average molecular weight is 254 g/mol. The molecule has 0 radical (unpaired) electrons. The number of halogens is 1. The van der Waals surface area contributed by atoms with E-state index in [1.165, 1.54) is 5.56 Å². The van der Waals surface area contributed by atoms with Crippen molar-refractivity contribution >= 4 is 11.6 Å². The summed E-state index contributed by atoms with van der Waals surface area (Å²) in [4.78, 5) is 2.27. The Labute approximate surface area is 106 Å². The molecule has 2 atom stereocenters. The number of fused-ring (bicyclic) bond motifs is 1. The number of hydrogen-bond acceptors (Lipinski definition) is 3. The van der Waals surface area contributed by atoms with Crippen LogP contribution in [0.3, 0.4) is 0 Å². The van der Waals surface area contributed by atoms with Gasteiger partial charge in [-0.2, -0.15) is 0 Å². The summed E-state index contributed by atoms with van der Waals surface area (Å²) in [6.07, 6.45) is 1.84. The highest BCUT2D eigenvalue weighted by atomic mass is 35.5. The lowest BCUT2D eigenvalue weighted by Crippen LogP contribution is -2.33. The maximum atomic E-state index is 9.48. The van der Waals surface area contributed by atoms with Crippen LogP contribution in [0.1, 0.15) is 12.0 Å². The van der Waals surface area contributed by atoms with E-state index in [1.54, 1.807) is 0 Å². The number of β-amino-alcohol motifs (C(OH)–C–C–N with tert-alkyl or cyclic N) is 1. The topological polar surface area (TPSA) is 32.7 Å². The molecule has 1 N–H and O–H groups in total. The zero-order chi connectivity index (χ0) is 11.8. The van der Waals surface area contributed by atoms with Crippen LogP contribution in [0.4, 0.5) is 0 Å². The van der Waals surface area contributed by atoms with E-state index in [2.05, 4.69) is 4.90 Å². The standard InChI is InChI=1S/C13H16ClNO2/c14-10-1-2-13-9(5-10)6-12(17-13)8-15-4-3-11(16)7-15/h1-2,5,11-12,16H,3-4,6-8H2. The summed E-state index contributed by atoms with van der Waals surface area (Å²) in [7, 11) is 0. The first-order valence-corrected chi connectivity index (χ1v) is 6.44. The second kappa shape index (κ2) is 4.48. The van der Waals surface area contributed by atoms with Crippen LogP contribution in [0.2, 0.25) is 5.02 Å². The minimum atomic E-state index is -0.159. The van der Waals surface area contributed by atoms with Gasteiger partial charge in [0.05, 0.1) is 6.10 Å². The third kappa shape index (κ3) is 2.41. The fourth-order valence-corrected chi connectivity index (χ4v) is 2.85. The predicted octanol–water partition coefficient (Wildman–Crippen LogP) is 1.71. The van der Waals surface area contributed by atoms with E-state index in [0.29, 0.717) is 0 Å². The van der Waals surface area contributed by atoms with Crippen LogP contribution in [0.25, 0.3) is 0 Å². The lowest BCUT2D eigenvalue weighted by molar-refractivity contribution is 0.142. The second-order valence-corrected chi connectivity index (χ2v) is 5.33. The highest BCUT2D eigenvalue weighted by Crippen LogP contribution is 2.31. The van der Waals surface area contributed by atoms with Crippen molar-refractivity contribution in [2.45, 2.75) is 25.0 Å². The Morgan fingerprint density at radius 2 is 2.35 bits per heavy atom. The summed E-state index contributed by atoms with van der Waals surface area (Å²) >= 11 is 5.96. The maximum Gasteiger partial charge on any atom is 0.123 e. The van der Waals surface area contributed by atoms with E-state index >= 15 is 0 Å². The summed E-state index contributed by atoms with van der Waals surface area (Å²) in [6.45, 7) is 2.64. The largest absolute Gasteiger partial charge is 0.488 e.